The summed E-state index contributed by atoms with van der Waals surface area (Å²) in [6.07, 6.45) is 2.16. The SMILES string of the molecule is O=C1CC2O/C(=C\COc3ccc(N(O)O)cc3)CN12. The fraction of sp³-hybridized carbons (Fsp3) is 0.308. The Labute approximate surface area is 115 Å². The molecule has 0 aliphatic carbocycles. The number of rotatable bonds is 4. The predicted octanol–water partition coefficient (Wildman–Crippen LogP) is 1.12. The Bertz CT molecular complexity index is 540. The second kappa shape index (κ2) is 5.03. The fourth-order valence-electron chi connectivity index (χ4n) is 2.12. The Morgan fingerprint density at radius 2 is 2.15 bits per heavy atom. The minimum absolute atomic E-state index is 0.0410. The topological polar surface area (TPSA) is 82.5 Å². The van der Waals surface area contributed by atoms with Crippen LogP contribution in [0, 0.1) is 0 Å². The molecule has 1 atom stereocenters. The summed E-state index contributed by atoms with van der Waals surface area (Å²) in [5.74, 6) is 1.46. The number of fused-ring (bicyclic) bond motifs is 1. The zero-order valence-corrected chi connectivity index (χ0v) is 10.6. The molecule has 1 amide bonds. The van der Waals surface area contributed by atoms with Crippen LogP contribution in [0.25, 0.3) is 0 Å². The molecular weight excluding hydrogens is 264 g/mol. The lowest BCUT2D eigenvalue weighted by atomic mass is 10.2. The van der Waals surface area contributed by atoms with Crippen molar-refractivity contribution in [2.24, 2.45) is 0 Å². The van der Waals surface area contributed by atoms with Crippen molar-refractivity contribution in [1.29, 1.82) is 0 Å². The molecule has 20 heavy (non-hydrogen) atoms. The van der Waals surface area contributed by atoms with E-state index >= 15 is 0 Å². The molecule has 2 heterocycles. The van der Waals surface area contributed by atoms with Crippen molar-refractivity contribution in [2.45, 2.75) is 12.6 Å². The van der Waals surface area contributed by atoms with Crippen molar-refractivity contribution in [3.63, 3.8) is 0 Å². The van der Waals surface area contributed by atoms with Crippen molar-refractivity contribution >= 4 is 11.6 Å². The molecule has 2 fully saturated rings. The fourth-order valence-corrected chi connectivity index (χ4v) is 2.12. The molecule has 3 rings (SSSR count). The van der Waals surface area contributed by atoms with Crippen LogP contribution in [0.2, 0.25) is 0 Å². The van der Waals surface area contributed by atoms with Gasteiger partial charge in [-0.15, -0.1) is 5.23 Å². The zero-order valence-electron chi connectivity index (χ0n) is 10.6. The van der Waals surface area contributed by atoms with Gasteiger partial charge < -0.3 is 9.47 Å². The van der Waals surface area contributed by atoms with E-state index in [-0.39, 0.29) is 23.0 Å². The van der Waals surface area contributed by atoms with E-state index in [1.54, 1.807) is 23.1 Å². The second-order valence-corrected chi connectivity index (χ2v) is 4.56. The highest BCUT2D eigenvalue weighted by Crippen LogP contribution is 2.30. The number of β-lactam (4-membered cyclic amide) rings is 1. The van der Waals surface area contributed by atoms with Crippen molar-refractivity contribution in [2.75, 3.05) is 18.4 Å². The van der Waals surface area contributed by atoms with Crippen LogP contribution in [0.1, 0.15) is 6.42 Å². The zero-order chi connectivity index (χ0) is 14.1. The molecule has 0 radical (unpaired) electrons. The standard InChI is InChI=1S/C13H14N2O5/c16-12-7-13-14(12)8-11(20-13)5-6-19-10-3-1-9(2-4-10)15(17)18/h1-5,13,17-18H,6-8H2/b11-5-. The van der Waals surface area contributed by atoms with Gasteiger partial charge in [-0.2, -0.15) is 0 Å². The minimum Gasteiger partial charge on any atom is -0.489 e. The maximum absolute atomic E-state index is 11.2. The molecule has 1 aromatic rings. The molecule has 0 spiro atoms. The van der Waals surface area contributed by atoms with Gasteiger partial charge in [0, 0.05) is 0 Å². The van der Waals surface area contributed by atoms with Gasteiger partial charge in [0.25, 0.3) is 0 Å². The number of carbonyl (C=O) groups is 1. The van der Waals surface area contributed by atoms with E-state index in [4.69, 9.17) is 19.9 Å². The number of anilines is 1. The number of carbonyl (C=O) groups excluding carboxylic acids is 1. The van der Waals surface area contributed by atoms with Gasteiger partial charge >= 0.3 is 0 Å². The van der Waals surface area contributed by atoms with Gasteiger partial charge in [-0.05, 0) is 30.3 Å². The molecule has 2 aliphatic heterocycles. The Morgan fingerprint density at radius 1 is 1.40 bits per heavy atom. The first kappa shape index (κ1) is 12.8. The summed E-state index contributed by atoms with van der Waals surface area (Å²) in [6.45, 7) is 0.835. The van der Waals surface area contributed by atoms with Crippen molar-refractivity contribution in [1.82, 2.24) is 4.90 Å². The first-order valence-electron chi connectivity index (χ1n) is 6.19. The van der Waals surface area contributed by atoms with Gasteiger partial charge in [0.15, 0.2) is 6.23 Å². The van der Waals surface area contributed by atoms with Gasteiger partial charge in [-0.3, -0.25) is 20.1 Å². The van der Waals surface area contributed by atoms with Crippen LogP contribution in [-0.2, 0) is 9.53 Å². The summed E-state index contributed by atoms with van der Waals surface area (Å²) >= 11 is 0. The number of amides is 1. The highest BCUT2D eigenvalue weighted by molar-refractivity contribution is 5.83. The van der Waals surface area contributed by atoms with E-state index in [9.17, 15) is 4.79 Å². The number of hydrogen-bond donors (Lipinski definition) is 2. The van der Waals surface area contributed by atoms with Crippen molar-refractivity contribution < 1.29 is 24.7 Å². The van der Waals surface area contributed by atoms with E-state index in [0.717, 1.165) is 5.76 Å². The minimum atomic E-state index is -0.0897. The largest absolute Gasteiger partial charge is 0.489 e. The first-order chi connectivity index (χ1) is 9.63. The molecule has 1 aromatic carbocycles. The Hall–Kier alpha value is -2.25. The molecule has 0 aromatic heterocycles. The maximum Gasteiger partial charge on any atom is 0.231 e. The molecule has 1 unspecified atom stereocenters. The smallest absolute Gasteiger partial charge is 0.231 e. The average Bonchev–Trinajstić information content (AvgIpc) is 2.76. The van der Waals surface area contributed by atoms with Crippen LogP contribution in [0.4, 0.5) is 5.69 Å². The number of nitrogens with zero attached hydrogens (tertiary/aromatic N) is 2. The number of hydrogen-bond acceptors (Lipinski definition) is 6. The molecule has 2 N–H and O–H groups in total. The Kier molecular flexibility index (Phi) is 3.21. The van der Waals surface area contributed by atoms with Crippen LogP contribution >= 0.6 is 0 Å². The van der Waals surface area contributed by atoms with Gasteiger partial charge in [0.1, 0.15) is 18.1 Å². The lowest BCUT2D eigenvalue weighted by Crippen LogP contribution is -2.48. The Balaban J connectivity index is 1.51. The first-order valence-corrected chi connectivity index (χ1v) is 6.19. The molecular formula is C13H14N2O5. The normalized spacial score (nSPS) is 22.3. The lowest BCUT2D eigenvalue weighted by Gasteiger charge is -2.30. The summed E-state index contributed by atoms with van der Waals surface area (Å²) in [5, 5.41) is 17.6. The Morgan fingerprint density at radius 3 is 2.75 bits per heavy atom. The average molecular weight is 278 g/mol. The van der Waals surface area contributed by atoms with Crippen molar-refractivity contribution in [3.05, 3.63) is 36.1 Å². The van der Waals surface area contributed by atoms with E-state index in [0.29, 0.717) is 25.3 Å². The van der Waals surface area contributed by atoms with Crippen LogP contribution in [0.5, 0.6) is 5.75 Å². The number of benzene rings is 1. The summed E-state index contributed by atoms with van der Waals surface area (Å²) in [5.41, 5.74) is 0.248. The number of ether oxygens (including phenoxy) is 2. The maximum atomic E-state index is 11.2. The lowest BCUT2D eigenvalue weighted by molar-refractivity contribution is -0.154. The van der Waals surface area contributed by atoms with E-state index in [1.165, 1.54) is 12.1 Å². The van der Waals surface area contributed by atoms with Crippen molar-refractivity contribution in [3.8, 4) is 5.75 Å². The second-order valence-electron chi connectivity index (χ2n) is 4.56. The van der Waals surface area contributed by atoms with Gasteiger partial charge in [0.2, 0.25) is 5.91 Å². The summed E-state index contributed by atoms with van der Waals surface area (Å²) in [6, 6.07) is 6.28. The molecule has 7 heteroatoms. The van der Waals surface area contributed by atoms with Gasteiger partial charge in [-0.1, -0.05) is 0 Å². The van der Waals surface area contributed by atoms with Crippen LogP contribution < -0.4 is 9.96 Å². The summed E-state index contributed by atoms with van der Waals surface area (Å²) in [7, 11) is 0. The molecule has 2 saturated heterocycles. The van der Waals surface area contributed by atoms with E-state index in [2.05, 4.69) is 0 Å². The molecule has 0 saturated carbocycles. The van der Waals surface area contributed by atoms with Crippen LogP contribution in [0.3, 0.4) is 0 Å². The molecule has 0 bridgehead atoms. The van der Waals surface area contributed by atoms with E-state index in [1.807, 2.05) is 0 Å². The monoisotopic (exact) mass is 278 g/mol. The van der Waals surface area contributed by atoms with Gasteiger partial charge in [-0.25, -0.2) is 0 Å². The predicted molar refractivity (Wildman–Crippen MR) is 67.3 cm³/mol. The van der Waals surface area contributed by atoms with Gasteiger partial charge in [0.05, 0.1) is 18.7 Å². The summed E-state index contributed by atoms with van der Waals surface area (Å²) in [4.78, 5) is 12.9. The molecule has 106 valence electrons. The third-order valence-electron chi connectivity index (χ3n) is 3.26. The van der Waals surface area contributed by atoms with Crippen LogP contribution in [0.15, 0.2) is 36.1 Å². The summed E-state index contributed by atoms with van der Waals surface area (Å²) < 4.78 is 11.0. The highest BCUT2D eigenvalue weighted by Gasteiger charge is 2.43. The van der Waals surface area contributed by atoms with E-state index < -0.39 is 0 Å². The third-order valence-corrected chi connectivity index (χ3v) is 3.26. The molecule has 7 nitrogen and oxygen atoms in total. The van der Waals surface area contributed by atoms with Crippen LogP contribution in [-0.4, -0.2) is 40.6 Å². The third kappa shape index (κ3) is 2.40. The highest BCUT2D eigenvalue weighted by atomic mass is 16.8. The molecule has 2 aliphatic rings. The quantitative estimate of drug-likeness (QED) is 0.634.